The van der Waals surface area contributed by atoms with Gasteiger partial charge >= 0.3 is 0 Å². The van der Waals surface area contributed by atoms with E-state index in [1.54, 1.807) is 47.9 Å². The van der Waals surface area contributed by atoms with Gasteiger partial charge in [0.15, 0.2) is 11.6 Å². The van der Waals surface area contributed by atoms with Crippen LogP contribution in [0.5, 0.6) is 0 Å². The fourth-order valence-electron chi connectivity index (χ4n) is 3.66. The number of rotatable bonds is 4. The molecular formula is C23H17NO4. The van der Waals surface area contributed by atoms with E-state index in [1.807, 2.05) is 30.3 Å². The van der Waals surface area contributed by atoms with Crippen molar-refractivity contribution in [2.75, 3.05) is 0 Å². The number of nitrogens with one attached hydrogen (secondary N) is 1. The van der Waals surface area contributed by atoms with Crippen LogP contribution in [-0.4, -0.2) is 22.7 Å². The van der Waals surface area contributed by atoms with E-state index < -0.39 is 11.8 Å². The lowest BCUT2D eigenvalue weighted by atomic mass is 9.90. The highest BCUT2D eigenvalue weighted by Gasteiger charge is 2.38. The summed E-state index contributed by atoms with van der Waals surface area (Å²) < 4.78 is 0. The summed E-state index contributed by atoms with van der Waals surface area (Å²) in [5.74, 6) is -1.71. The third-order valence-electron chi connectivity index (χ3n) is 5.05. The zero-order valence-corrected chi connectivity index (χ0v) is 14.9. The van der Waals surface area contributed by atoms with Crippen molar-refractivity contribution in [2.45, 2.75) is 6.42 Å². The van der Waals surface area contributed by atoms with Crippen LogP contribution in [0.2, 0.25) is 0 Å². The van der Waals surface area contributed by atoms with Gasteiger partial charge in [-0.2, -0.15) is 0 Å². The Labute approximate surface area is 161 Å². The zero-order chi connectivity index (χ0) is 19.7. The maximum atomic E-state index is 12.7. The van der Waals surface area contributed by atoms with Gasteiger partial charge < -0.3 is 0 Å². The van der Waals surface area contributed by atoms with E-state index >= 15 is 0 Å². The molecular weight excluding hydrogens is 354 g/mol. The van der Waals surface area contributed by atoms with Crippen LogP contribution < -0.4 is 5.48 Å². The Bertz CT molecular complexity index is 1050. The Kier molecular flexibility index (Phi) is 4.59. The van der Waals surface area contributed by atoms with Crippen molar-refractivity contribution in [3.05, 3.63) is 95.1 Å². The van der Waals surface area contributed by atoms with Crippen LogP contribution in [0, 0.1) is 5.92 Å². The molecule has 0 radical (unpaired) electrons. The highest BCUT2D eigenvalue weighted by Crippen LogP contribution is 2.31. The molecule has 0 atom stereocenters. The number of Topliss-reactive ketones (excluding diaryl/α,β-unsaturated/α-hetero) is 2. The van der Waals surface area contributed by atoms with Gasteiger partial charge in [0.05, 0.1) is 5.92 Å². The fraction of sp³-hybridized carbons (Fsp3) is 0.0870. The van der Waals surface area contributed by atoms with E-state index in [2.05, 4.69) is 0 Å². The third kappa shape index (κ3) is 3.02. The predicted octanol–water partition coefficient (Wildman–Crippen LogP) is 3.71. The van der Waals surface area contributed by atoms with Gasteiger partial charge in [0.2, 0.25) is 0 Å². The lowest BCUT2D eigenvalue weighted by Crippen LogP contribution is -2.20. The molecule has 1 aliphatic rings. The maximum Gasteiger partial charge on any atom is 0.275 e. The molecule has 138 valence electrons. The first-order valence-electron chi connectivity index (χ1n) is 8.90. The SMILES string of the molecule is O=C(NO)c1ccc(CC2C(=O)c3ccccc3C2=O)cc1-c1ccccc1. The Morgan fingerprint density at radius 3 is 2.04 bits per heavy atom. The van der Waals surface area contributed by atoms with Crippen molar-refractivity contribution in [1.29, 1.82) is 0 Å². The van der Waals surface area contributed by atoms with E-state index in [-0.39, 0.29) is 18.0 Å². The van der Waals surface area contributed by atoms with E-state index in [4.69, 9.17) is 5.21 Å². The maximum absolute atomic E-state index is 12.7. The van der Waals surface area contributed by atoms with E-state index in [9.17, 15) is 14.4 Å². The predicted molar refractivity (Wildman–Crippen MR) is 103 cm³/mol. The molecule has 2 N–H and O–H groups in total. The van der Waals surface area contributed by atoms with E-state index in [1.165, 1.54) is 0 Å². The molecule has 4 rings (SSSR count). The van der Waals surface area contributed by atoms with Gasteiger partial charge in [0.25, 0.3) is 5.91 Å². The molecule has 5 heteroatoms. The highest BCUT2D eigenvalue weighted by molar-refractivity contribution is 6.26. The minimum atomic E-state index is -0.751. The number of amides is 1. The van der Waals surface area contributed by atoms with Gasteiger partial charge in [-0.3, -0.25) is 19.6 Å². The molecule has 0 aromatic heterocycles. The molecule has 3 aromatic carbocycles. The lowest BCUT2D eigenvalue weighted by Gasteiger charge is -2.13. The lowest BCUT2D eigenvalue weighted by molar-refractivity contribution is 0.0706. The normalized spacial score (nSPS) is 13.5. The zero-order valence-electron chi connectivity index (χ0n) is 14.9. The summed E-state index contributed by atoms with van der Waals surface area (Å²) in [6, 6.07) is 21.2. The summed E-state index contributed by atoms with van der Waals surface area (Å²) >= 11 is 0. The summed E-state index contributed by atoms with van der Waals surface area (Å²) in [5, 5.41) is 9.04. The molecule has 0 bridgehead atoms. The van der Waals surface area contributed by atoms with Crippen molar-refractivity contribution >= 4 is 17.5 Å². The topological polar surface area (TPSA) is 83.5 Å². The van der Waals surface area contributed by atoms with Crippen molar-refractivity contribution in [2.24, 2.45) is 5.92 Å². The summed E-state index contributed by atoms with van der Waals surface area (Å²) in [5.41, 5.74) is 5.11. The molecule has 0 saturated heterocycles. The first-order chi connectivity index (χ1) is 13.6. The van der Waals surface area contributed by atoms with Crippen LogP contribution in [0.1, 0.15) is 36.6 Å². The van der Waals surface area contributed by atoms with Crippen molar-refractivity contribution in [1.82, 2.24) is 5.48 Å². The smallest absolute Gasteiger partial charge is 0.275 e. The molecule has 5 nitrogen and oxygen atoms in total. The Balaban J connectivity index is 1.71. The van der Waals surface area contributed by atoms with Gasteiger partial charge in [0.1, 0.15) is 0 Å². The van der Waals surface area contributed by atoms with Gasteiger partial charge in [0, 0.05) is 16.7 Å². The number of ketones is 2. The first-order valence-corrected chi connectivity index (χ1v) is 8.90. The minimum absolute atomic E-state index is 0.168. The summed E-state index contributed by atoms with van der Waals surface area (Å²) in [6.07, 6.45) is 0.257. The fourth-order valence-corrected chi connectivity index (χ4v) is 3.66. The standard InChI is InChI=1S/C23H17NO4/c25-21-16-8-4-5-9-17(16)22(26)20(21)13-14-10-11-18(23(27)24-28)19(12-14)15-6-2-1-3-7-15/h1-12,20,28H,13H2,(H,24,27). The molecule has 0 saturated carbocycles. The summed E-state index contributed by atoms with van der Waals surface area (Å²) in [7, 11) is 0. The number of carbonyl (C=O) groups excluding carboxylic acids is 3. The molecule has 1 aliphatic carbocycles. The van der Waals surface area contributed by atoms with Crippen molar-refractivity contribution < 1.29 is 19.6 Å². The van der Waals surface area contributed by atoms with Crippen molar-refractivity contribution in [3.8, 4) is 11.1 Å². The second-order valence-electron chi connectivity index (χ2n) is 6.72. The average Bonchev–Trinajstić information content (AvgIpc) is 2.99. The summed E-state index contributed by atoms with van der Waals surface area (Å²) in [6.45, 7) is 0. The Hall–Kier alpha value is -3.57. The summed E-state index contributed by atoms with van der Waals surface area (Å²) in [4.78, 5) is 37.4. The van der Waals surface area contributed by atoms with Gasteiger partial charge in [-0.25, -0.2) is 5.48 Å². The Morgan fingerprint density at radius 2 is 1.43 bits per heavy atom. The molecule has 0 aliphatic heterocycles. The van der Waals surface area contributed by atoms with Crippen molar-refractivity contribution in [3.63, 3.8) is 0 Å². The number of carbonyl (C=O) groups is 3. The van der Waals surface area contributed by atoms with Crippen LogP contribution in [0.25, 0.3) is 11.1 Å². The molecule has 1 amide bonds. The van der Waals surface area contributed by atoms with Gasteiger partial charge in [-0.15, -0.1) is 0 Å². The first kappa shape index (κ1) is 17.8. The molecule has 3 aromatic rings. The third-order valence-corrected chi connectivity index (χ3v) is 5.05. The number of hydrogen-bond acceptors (Lipinski definition) is 4. The monoisotopic (exact) mass is 371 g/mol. The van der Waals surface area contributed by atoms with Crippen LogP contribution in [0.3, 0.4) is 0 Å². The average molecular weight is 371 g/mol. The van der Waals surface area contributed by atoms with E-state index in [0.29, 0.717) is 22.3 Å². The molecule has 0 unspecified atom stereocenters. The number of hydrogen-bond donors (Lipinski definition) is 2. The van der Waals surface area contributed by atoms with Crippen LogP contribution in [0.15, 0.2) is 72.8 Å². The van der Waals surface area contributed by atoms with Gasteiger partial charge in [-0.05, 0) is 29.2 Å². The molecule has 0 spiro atoms. The molecule has 28 heavy (non-hydrogen) atoms. The van der Waals surface area contributed by atoms with E-state index in [0.717, 1.165) is 11.1 Å². The molecule has 0 fully saturated rings. The highest BCUT2D eigenvalue weighted by atomic mass is 16.5. The number of fused-ring (bicyclic) bond motifs is 1. The van der Waals surface area contributed by atoms with Crippen LogP contribution >= 0.6 is 0 Å². The van der Waals surface area contributed by atoms with Crippen LogP contribution in [-0.2, 0) is 6.42 Å². The van der Waals surface area contributed by atoms with Gasteiger partial charge in [-0.1, -0.05) is 66.7 Å². The molecule has 0 heterocycles. The van der Waals surface area contributed by atoms with Crippen LogP contribution in [0.4, 0.5) is 0 Å². The quantitative estimate of drug-likeness (QED) is 0.416. The second kappa shape index (κ2) is 7.21. The minimum Gasteiger partial charge on any atom is -0.293 e. The number of benzene rings is 3. The Morgan fingerprint density at radius 1 is 0.821 bits per heavy atom. The largest absolute Gasteiger partial charge is 0.293 e. The number of hydroxylamine groups is 1. The second-order valence-corrected chi connectivity index (χ2v) is 6.72.